The fraction of sp³-hybridized carbons (Fsp3) is 0.222. The monoisotopic (exact) mass is 315 g/mol. The third kappa shape index (κ3) is 3.57. The predicted molar refractivity (Wildman–Crippen MR) is 92.3 cm³/mol. The Morgan fingerprint density at radius 2 is 1.64 bits per heavy atom. The average Bonchev–Trinajstić information content (AvgIpc) is 2.53. The molecule has 0 amide bonds. The maximum atomic E-state index is 13.0. The summed E-state index contributed by atoms with van der Waals surface area (Å²) >= 11 is 0. The molecule has 0 saturated carbocycles. The van der Waals surface area contributed by atoms with Gasteiger partial charge < -0.3 is 0 Å². The van der Waals surface area contributed by atoms with Crippen LogP contribution in [-0.2, 0) is 10.0 Å². The molecule has 0 N–H and O–H groups in total. The van der Waals surface area contributed by atoms with Crippen LogP contribution in [0.2, 0.25) is 0 Å². The van der Waals surface area contributed by atoms with E-state index in [-0.39, 0.29) is 5.92 Å². The molecule has 0 aliphatic carbocycles. The van der Waals surface area contributed by atoms with Crippen molar-refractivity contribution in [3.05, 3.63) is 66.7 Å². The summed E-state index contributed by atoms with van der Waals surface area (Å²) in [6, 6.07) is 16.0. The minimum absolute atomic E-state index is 0.224. The summed E-state index contributed by atoms with van der Waals surface area (Å²) in [5, 5.41) is 0. The van der Waals surface area contributed by atoms with Crippen LogP contribution < -0.4 is 4.31 Å². The number of nitrogens with zero attached hydrogens (tertiary/aromatic N) is 1. The van der Waals surface area contributed by atoms with Gasteiger partial charge in [-0.15, -0.1) is 0 Å². The third-order valence-electron chi connectivity index (χ3n) is 3.28. The van der Waals surface area contributed by atoms with Crippen LogP contribution in [-0.4, -0.2) is 15.0 Å². The number of hydrogen-bond acceptors (Lipinski definition) is 2. The Hall–Kier alpha value is -2.07. The summed E-state index contributed by atoms with van der Waals surface area (Å²) in [6.45, 7) is 8.14. The second-order valence-corrected chi connectivity index (χ2v) is 7.40. The van der Waals surface area contributed by atoms with E-state index in [0.717, 1.165) is 5.56 Å². The lowest BCUT2D eigenvalue weighted by molar-refractivity contribution is 0.578. The van der Waals surface area contributed by atoms with Gasteiger partial charge in [0, 0.05) is 6.54 Å². The lowest BCUT2D eigenvalue weighted by atomic mass is 10.2. The molecular formula is C18H21NO2S. The van der Waals surface area contributed by atoms with Crippen molar-refractivity contribution < 1.29 is 8.42 Å². The van der Waals surface area contributed by atoms with E-state index in [1.165, 1.54) is 4.31 Å². The fourth-order valence-corrected chi connectivity index (χ4v) is 3.80. The van der Waals surface area contributed by atoms with E-state index in [1.54, 1.807) is 30.3 Å². The Balaban J connectivity index is 2.46. The number of hydrogen-bond donors (Lipinski definition) is 0. The highest BCUT2D eigenvalue weighted by Gasteiger charge is 2.25. The van der Waals surface area contributed by atoms with Crippen LogP contribution in [0.25, 0.3) is 6.08 Å². The lowest BCUT2D eigenvalue weighted by Crippen LogP contribution is -2.34. The van der Waals surface area contributed by atoms with Gasteiger partial charge in [-0.3, -0.25) is 4.31 Å². The molecule has 22 heavy (non-hydrogen) atoms. The van der Waals surface area contributed by atoms with Gasteiger partial charge in [0.05, 0.1) is 10.6 Å². The van der Waals surface area contributed by atoms with E-state index in [1.807, 2.05) is 44.2 Å². The summed E-state index contributed by atoms with van der Waals surface area (Å²) in [5.74, 6) is 0.224. The molecule has 3 nitrogen and oxygen atoms in total. The molecule has 2 aromatic rings. The first-order valence-corrected chi connectivity index (χ1v) is 8.69. The SMILES string of the molecule is C=Cc1ccc(S(=O)(=O)N(CC(C)C)c2ccccc2)cc1. The van der Waals surface area contributed by atoms with Crippen LogP contribution in [0, 0.1) is 5.92 Å². The second-order valence-electron chi connectivity index (χ2n) is 5.54. The fourth-order valence-electron chi connectivity index (χ4n) is 2.17. The van der Waals surface area contributed by atoms with E-state index in [9.17, 15) is 8.42 Å². The molecule has 2 rings (SSSR count). The van der Waals surface area contributed by atoms with Crippen LogP contribution in [0.15, 0.2) is 66.1 Å². The molecule has 0 fully saturated rings. The first-order chi connectivity index (χ1) is 10.4. The molecule has 0 spiro atoms. The molecule has 0 aliphatic rings. The highest BCUT2D eigenvalue weighted by molar-refractivity contribution is 7.92. The van der Waals surface area contributed by atoms with Gasteiger partial charge in [-0.2, -0.15) is 0 Å². The zero-order valence-electron chi connectivity index (χ0n) is 12.9. The van der Waals surface area contributed by atoms with Gasteiger partial charge in [0.25, 0.3) is 10.0 Å². The maximum absolute atomic E-state index is 13.0. The minimum atomic E-state index is -3.58. The minimum Gasteiger partial charge on any atom is -0.266 e. The molecule has 0 unspecified atom stereocenters. The highest BCUT2D eigenvalue weighted by Crippen LogP contribution is 2.25. The topological polar surface area (TPSA) is 37.4 Å². The van der Waals surface area contributed by atoms with Crippen LogP contribution in [0.4, 0.5) is 5.69 Å². The van der Waals surface area contributed by atoms with Gasteiger partial charge in [-0.05, 0) is 35.7 Å². The average molecular weight is 315 g/mol. The number of para-hydroxylation sites is 1. The third-order valence-corrected chi connectivity index (χ3v) is 5.09. The molecule has 0 aliphatic heterocycles. The normalized spacial score (nSPS) is 11.4. The van der Waals surface area contributed by atoms with Gasteiger partial charge >= 0.3 is 0 Å². The first-order valence-electron chi connectivity index (χ1n) is 7.25. The number of sulfonamides is 1. The van der Waals surface area contributed by atoms with Gasteiger partial charge in [-0.25, -0.2) is 8.42 Å². The van der Waals surface area contributed by atoms with E-state index in [4.69, 9.17) is 0 Å². The smallest absolute Gasteiger partial charge is 0.264 e. The largest absolute Gasteiger partial charge is 0.266 e. The molecule has 4 heteroatoms. The van der Waals surface area contributed by atoms with Crippen LogP contribution in [0.1, 0.15) is 19.4 Å². The Bertz CT molecular complexity index is 719. The molecule has 0 atom stereocenters. The van der Waals surface area contributed by atoms with Gasteiger partial charge in [0.1, 0.15) is 0 Å². The summed E-state index contributed by atoms with van der Waals surface area (Å²) in [5.41, 5.74) is 1.58. The Morgan fingerprint density at radius 1 is 1.05 bits per heavy atom. The number of benzene rings is 2. The first kappa shape index (κ1) is 16.3. The molecule has 0 aromatic heterocycles. The van der Waals surface area contributed by atoms with Crippen molar-refractivity contribution >= 4 is 21.8 Å². The zero-order valence-corrected chi connectivity index (χ0v) is 13.8. The van der Waals surface area contributed by atoms with Crippen molar-refractivity contribution in [2.45, 2.75) is 18.7 Å². The van der Waals surface area contributed by atoms with Crippen molar-refractivity contribution in [2.24, 2.45) is 5.92 Å². The molecule has 116 valence electrons. The molecule has 0 bridgehead atoms. The van der Waals surface area contributed by atoms with Gasteiger partial charge in [-0.1, -0.05) is 56.8 Å². The van der Waals surface area contributed by atoms with Crippen molar-refractivity contribution in [2.75, 3.05) is 10.8 Å². The molecule has 0 saturated heterocycles. The van der Waals surface area contributed by atoms with Crippen molar-refractivity contribution in [3.8, 4) is 0 Å². The van der Waals surface area contributed by atoms with E-state index < -0.39 is 10.0 Å². The van der Waals surface area contributed by atoms with E-state index in [2.05, 4.69) is 6.58 Å². The maximum Gasteiger partial charge on any atom is 0.264 e. The van der Waals surface area contributed by atoms with E-state index in [0.29, 0.717) is 17.1 Å². The van der Waals surface area contributed by atoms with Crippen molar-refractivity contribution in [1.29, 1.82) is 0 Å². The van der Waals surface area contributed by atoms with E-state index >= 15 is 0 Å². The van der Waals surface area contributed by atoms with Crippen molar-refractivity contribution in [1.82, 2.24) is 0 Å². The Kier molecular flexibility index (Phi) is 5.03. The van der Waals surface area contributed by atoms with Crippen LogP contribution >= 0.6 is 0 Å². The number of rotatable bonds is 6. The van der Waals surface area contributed by atoms with Gasteiger partial charge in [0.15, 0.2) is 0 Å². The summed E-state index contributed by atoms with van der Waals surface area (Å²) in [4.78, 5) is 0.294. The summed E-state index contributed by atoms with van der Waals surface area (Å²) < 4.78 is 27.4. The van der Waals surface area contributed by atoms with Crippen LogP contribution in [0.5, 0.6) is 0 Å². The number of anilines is 1. The molecule has 2 aromatic carbocycles. The Labute approximate surface area is 133 Å². The molecule has 0 radical (unpaired) electrons. The Morgan fingerprint density at radius 3 is 2.14 bits per heavy atom. The highest BCUT2D eigenvalue weighted by atomic mass is 32.2. The zero-order chi connectivity index (χ0) is 16.2. The predicted octanol–water partition coefficient (Wildman–Crippen LogP) is 4.18. The molecular weight excluding hydrogens is 294 g/mol. The standard InChI is InChI=1S/C18H21NO2S/c1-4-16-10-12-18(13-11-16)22(20,21)19(14-15(2)3)17-8-6-5-7-9-17/h4-13,15H,1,14H2,2-3H3. The molecule has 0 heterocycles. The second kappa shape index (κ2) is 6.79. The van der Waals surface area contributed by atoms with Crippen LogP contribution in [0.3, 0.4) is 0 Å². The van der Waals surface area contributed by atoms with Gasteiger partial charge in [0.2, 0.25) is 0 Å². The summed E-state index contributed by atoms with van der Waals surface area (Å²) in [7, 11) is -3.58. The lowest BCUT2D eigenvalue weighted by Gasteiger charge is -2.26. The quantitative estimate of drug-likeness (QED) is 0.802. The summed E-state index contributed by atoms with van der Waals surface area (Å²) in [6.07, 6.45) is 1.69. The van der Waals surface area contributed by atoms with Crippen molar-refractivity contribution in [3.63, 3.8) is 0 Å².